The minimum Gasteiger partial charge on any atom is -0.497 e. The molecule has 3 N–H and O–H groups in total. The van der Waals surface area contributed by atoms with Gasteiger partial charge in [-0.1, -0.05) is 0 Å². The van der Waals surface area contributed by atoms with Crippen molar-refractivity contribution in [1.82, 2.24) is 10.2 Å². The molecule has 0 fully saturated rings. The molecule has 0 amide bonds. The molecule has 4 nitrogen and oxygen atoms in total. The van der Waals surface area contributed by atoms with Crippen LogP contribution in [0.1, 0.15) is 5.69 Å². The highest BCUT2D eigenvalue weighted by atomic mass is 16.5. The molecule has 0 bridgehead atoms. The van der Waals surface area contributed by atoms with Gasteiger partial charge in [0.1, 0.15) is 5.75 Å². The fourth-order valence-electron chi connectivity index (χ4n) is 1.44. The largest absolute Gasteiger partial charge is 0.497 e. The van der Waals surface area contributed by atoms with E-state index in [1.807, 2.05) is 31.2 Å². The van der Waals surface area contributed by atoms with Crippen LogP contribution in [0.25, 0.3) is 11.3 Å². The normalized spacial score (nSPS) is 10.3. The van der Waals surface area contributed by atoms with Crippen LogP contribution in [-0.4, -0.2) is 17.3 Å². The smallest absolute Gasteiger partial charge is 0.119 e. The van der Waals surface area contributed by atoms with Gasteiger partial charge >= 0.3 is 0 Å². The molecule has 1 heterocycles. The molecule has 0 unspecified atom stereocenters. The third-order valence-electron chi connectivity index (χ3n) is 2.24. The molecule has 2 rings (SSSR count). The molecular weight excluding hydrogens is 190 g/mol. The summed E-state index contributed by atoms with van der Waals surface area (Å²) in [6.07, 6.45) is 0. The van der Waals surface area contributed by atoms with Crippen LogP contribution in [0.2, 0.25) is 0 Å². The molecule has 0 radical (unpaired) electrons. The van der Waals surface area contributed by atoms with Gasteiger partial charge in [-0.2, -0.15) is 5.10 Å². The minimum absolute atomic E-state index is 0.697. The number of hydrogen-bond acceptors (Lipinski definition) is 3. The monoisotopic (exact) mass is 203 g/mol. The zero-order valence-corrected chi connectivity index (χ0v) is 8.74. The quantitative estimate of drug-likeness (QED) is 0.733. The lowest BCUT2D eigenvalue weighted by Crippen LogP contribution is -1.92. The van der Waals surface area contributed by atoms with Gasteiger partial charge < -0.3 is 10.5 Å². The number of nitrogen functional groups attached to an aromatic ring is 1. The summed E-state index contributed by atoms with van der Waals surface area (Å²) in [5.74, 6) is 0.778. The summed E-state index contributed by atoms with van der Waals surface area (Å²) in [5.41, 5.74) is 9.30. The van der Waals surface area contributed by atoms with Crippen molar-refractivity contribution in [2.75, 3.05) is 12.8 Å². The SMILES string of the molecule is COc1ccc(N)c(-c2cc(C)[nH]n2)c1. The molecule has 0 saturated carbocycles. The highest BCUT2D eigenvalue weighted by Crippen LogP contribution is 2.28. The lowest BCUT2D eigenvalue weighted by molar-refractivity contribution is 0.415. The maximum atomic E-state index is 5.88. The van der Waals surface area contributed by atoms with Crippen LogP contribution in [0.5, 0.6) is 5.75 Å². The van der Waals surface area contributed by atoms with Crippen LogP contribution in [0, 0.1) is 6.92 Å². The van der Waals surface area contributed by atoms with E-state index in [1.165, 1.54) is 0 Å². The van der Waals surface area contributed by atoms with E-state index in [1.54, 1.807) is 7.11 Å². The zero-order valence-electron chi connectivity index (χ0n) is 8.74. The van der Waals surface area contributed by atoms with E-state index >= 15 is 0 Å². The molecule has 0 atom stereocenters. The number of methoxy groups -OCH3 is 1. The number of benzene rings is 1. The van der Waals surface area contributed by atoms with Gasteiger partial charge in [0.15, 0.2) is 0 Å². The molecule has 0 saturated heterocycles. The van der Waals surface area contributed by atoms with E-state index in [-0.39, 0.29) is 0 Å². The number of aryl methyl sites for hydroxylation is 1. The third kappa shape index (κ3) is 1.79. The van der Waals surface area contributed by atoms with Crippen molar-refractivity contribution in [3.8, 4) is 17.0 Å². The molecule has 78 valence electrons. The Kier molecular flexibility index (Phi) is 2.33. The number of nitrogens with one attached hydrogen (secondary N) is 1. The number of rotatable bonds is 2. The Balaban J connectivity index is 2.51. The lowest BCUT2D eigenvalue weighted by Gasteiger charge is -2.05. The first-order chi connectivity index (χ1) is 7.20. The third-order valence-corrected chi connectivity index (χ3v) is 2.24. The van der Waals surface area contributed by atoms with Crippen LogP contribution in [-0.2, 0) is 0 Å². The number of aromatic amines is 1. The Morgan fingerprint density at radius 1 is 1.33 bits per heavy atom. The number of ether oxygens (including phenoxy) is 1. The predicted molar refractivity (Wildman–Crippen MR) is 59.7 cm³/mol. The fourth-order valence-corrected chi connectivity index (χ4v) is 1.44. The molecule has 4 heteroatoms. The second-order valence-corrected chi connectivity index (χ2v) is 3.39. The fraction of sp³-hybridized carbons (Fsp3) is 0.182. The van der Waals surface area contributed by atoms with Crippen molar-refractivity contribution in [2.24, 2.45) is 0 Å². The Hall–Kier alpha value is -1.97. The van der Waals surface area contributed by atoms with Crippen molar-refractivity contribution in [1.29, 1.82) is 0 Å². The number of aromatic nitrogens is 2. The van der Waals surface area contributed by atoms with Gasteiger partial charge in [-0.25, -0.2) is 0 Å². The first-order valence-electron chi connectivity index (χ1n) is 4.66. The first kappa shape index (κ1) is 9.58. The van der Waals surface area contributed by atoms with Gasteiger partial charge in [-0.3, -0.25) is 5.10 Å². The molecule has 0 aliphatic heterocycles. The van der Waals surface area contributed by atoms with Gasteiger partial charge in [0, 0.05) is 16.9 Å². The summed E-state index contributed by atoms with van der Waals surface area (Å²) in [6, 6.07) is 7.48. The van der Waals surface area contributed by atoms with Crippen LogP contribution >= 0.6 is 0 Å². The van der Waals surface area contributed by atoms with E-state index < -0.39 is 0 Å². The van der Waals surface area contributed by atoms with Crippen LogP contribution in [0.3, 0.4) is 0 Å². The van der Waals surface area contributed by atoms with E-state index in [0.717, 1.165) is 22.7 Å². The summed E-state index contributed by atoms with van der Waals surface area (Å²) in [5, 5.41) is 7.05. The van der Waals surface area contributed by atoms with Crippen LogP contribution in [0.4, 0.5) is 5.69 Å². The van der Waals surface area contributed by atoms with Gasteiger partial charge in [0.2, 0.25) is 0 Å². The van der Waals surface area contributed by atoms with Crippen molar-refractivity contribution >= 4 is 5.69 Å². The minimum atomic E-state index is 0.697. The van der Waals surface area contributed by atoms with Crippen LogP contribution < -0.4 is 10.5 Å². The number of anilines is 1. The Morgan fingerprint density at radius 2 is 2.13 bits per heavy atom. The Labute approximate surface area is 88.1 Å². The van der Waals surface area contributed by atoms with Crippen molar-refractivity contribution in [3.05, 3.63) is 30.0 Å². The number of nitrogens with zero attached hydrogens (tertiary/aromatic N) is 1. The first-order valence-corrected chi connectivity index (χ1v) is 4.66. The average Bonchev–Trinajstić information content (AvgIpc) is 2.65. The highest BCUT2D eigenvalue weighted by Gasteiger charge is 2.07. The Bertz CT molecular complexity index is 476. The van der Waals surface area contributed by atoms with E-state index in [0.29, 0.717) is 5.69 Å². The molecule has 2 aromatic rings. The van der Waals surface area contributed by atoms with E-state index in [9.17, 15) is 0 Å². The van der Waals surface area contributed by atoms with Crippen molar-refractivity contribution in [2.45, 2.75) is 6.92 Å². The molecule has 0 aliphatic carbocycles. The lowest BCUT2D eigenvalue weighted by atomic mass is 10.1. The van der Waals surface area contributed by atoms with Gasteiger partial charge in [0.05, 0.1) is 12.8 Å². The highest BCUT2D eigenvalue weighted by molar-refractivity contribution is 5.75. The number of hydrogen-bond donors (Lipinski definition) is 2. The number of nitrogens with two attached hydrogens (primary N) is 1. The topological polar surface area (TPSA) is 63.9 Å². The molecule has 0 spiro atoms. The van der Waals surface area contributed by atoms with E-state index in [2.05, 4.69) is 10.2 Å². The zero-order chi connectivity index (χ0) is 10.8. The summed E-state index contributed by atoms with van der Waals surface area (Å²) < 4.78 is 5.14. The molecule has 1 aromatic carbocycles. The maximum Gasteiger partial charge on any atom is 0.119 e. The predicted octanol–water partition coefficient (Wildman–Crippen LogP) is 1.98. The van der Waals surface area contributed by atoms with Gasteiger partial charge in [-0.05, 0) is 31.2 Å². The van der Waals surface area contributed by atoms with Gasteiger partial charge in [-0.15, -0.1) is 0 Å². The summed E-state index contributed by atoms with van der Waals surface area (Å²) in [6.45, 7) is 1.95. The second-order valence-electron chi connectivity index (χ2n) is 3.39. The maximum absolute atomic E-state index is 5.88. The molecule has 15 heavy (non-hydrogen) atoms. The molecular formula is C11H13N3O. The molecule has 0 aliphatic rings. The van der Waals surface area contributed by atoms with Gasteiger partial charge in [0.25, 0.3) is 0 Å². The van der Waals surface area contributed by atoms with Crippen molar-refractivity contribution in [3.63, 3.8) is 0 Å². The summed E-state index contributed by atoms with van der Waals surface area (Å²) in [7, 11) is 1.63. The van der Waals surface area contributed by atoms with E-state index in [4.69, 9.17) is 10.5 Å². The standard InChI is InChI=1S/C11H13N3O/c1-7-5-11(14-13-7)9-6-8(15-2)3-4-10(9)12/h3-6H,12H2,1-2H3,(H,13,14). The average molecular weight is 203 g/mol. The number of H-pyrrole nitrogens is 1. The summed E-state index contributed by atoms with van der Waals surface area (Å²) in [4.78, 5) is 0. The summed E-state index contributed by atoms with van der Waals surface area (Å²) >= 11 is 0. The molecule has 1 aromatic heterocycles. The second kappa shape index (κ2) is 3.65. The van der Waals surface area contributed by atoms with Crippen molar-refractivity contribution < 1.29 is 4.74 Å². The van der Waals surface area contributed by atoms with Crippen LogP contribution in [0.15, 0.2) is 24.3 Å². The Morgan fingerprint density at radius 3 is 2.73 bits per heavy atom.